The number of aryl methyl sites for hydroxylation is 1. The summed E-state index contributed by atoms with van der Waals surface area (Å²) in [5, 5.41) is 10.5. The molecule has 26 heavy (non-hydrogen) atoms. The van der Waals surface area contributed by atoms with E-state index in [1.807, 2.05) is 0 Å². The number of halogens is 1. The zero-order valence-electron chi connectivity index (χ0n) is 14.1. The lowest BCUT2D eigenvalue weighted by Crippen LogP contribution is -2.34. The fourth-order valence-corrected chi connectivity index (χ4v) is 4.11. The second-order valence-corrected chi connectivity index (χ2v) is 7.01. The molecule has 0 aromatic heterocycles. The lowest BCUT2D eigenvalue weighted by Gasteiger charge is -2.24. The van der Waals surface area contributed by atoms with Gasteiger partial charge in [-0.2, -0.15) is 0 Å². The molecule has 0 saturated carbocycles. The molecule has 1 aliphatic rings. The van der Waals surface area contributed by atoms with Crippen LogP contribution in [0, 0.1) is 22.9 Å². The van der Waals surface area contributed by atoms with Crippen LogP contribution in [0.1, 0.15) is 16.5 Å². The van der Waals surface area contributed by atoms with Gasteiger partial charge in [-0.15, -0.1) is 11.8 Å². The van der Waals surface area contributed by atoms with Crippen molar-refractivity contribution in [3.63, 3.8) is 0 Å². The standard InChI is InChI=1S/C18H17FN2O4S/c1-12-10-13(6-7-16(12)21(23)24)25-11-17(22)20-8-9-26-18(20)14-4-2-3-5-15(14)19/h2-7,10,18H,8-9,11H2,1H3/t18-/m0/s1. The molecule has 6 nitrogen and oxygen atoms in total. The van der Waals surface area contributed by atoms with Crippen molar-refractivity contribution in [2.45, 2.75) is 12.3 Å². The largest absolute Gasteiger partial charge is 0.484 e. The second kappa shape index (κ2) is 7.74. The summed E-state index contributed by atoms with van der Waals surface area (Å²) >= 11 is 1.51. The second-order valence-electron chi connectivity index (χ2n) is 5.83. The van der Waals surface area contributed by atoms with Crippen LogP contribution >= 0.6 is 11.8 Å². The molecule has 1 fully saturated rings. The SMILES string of the molecule is Cc1cc(OCC(=O)N2CCS[C@H]2c2ccccc2F)ccc1[N+](=O)[O-]. The molecule has 0 unspecified atom stereocenters. The van der Waals surface area contributed by atoms with Crippen molar-refractivity contribution in [2.24, 2.45) is 0 Å². The van der Waals surface area contributed by atoms with Crippen LogP contribution in [0.15, 0.2) is 42.5 Å². The van der Waals surface area contributed by atoms with Gasteiger partial charge < -0.3 is 9.64 Å². The number of rotatable bonds is 5. The van der Waals surface area contributed by atoms with Crippen molar-refractivity contribution >= 4 is 23.4 Å². The average molecular weight is 376 g/mol. The predicted octanol–water partition coefficient (Wildman–Crippen LogP) is 3.70. The van der Waals surface area contributed by atoms with E-state index in [0.29, 0.717) is 23.4 Å². The van der Waals surface area contributed by atoms with E-state index in [1.165, 1.54) is 36.0 Å². The van der Waals surface area contributed by atoms with E-state index in [9.17, 15) is 19.3 Å². The van der Waals surface area contributed by atoms with Crippen LogP contribution in [0.3, 0.4) is 0 Å². The van der Waals surface area contributed by atoms with E-state index in [-0.39, 0.29) is 29.4 Å². The summed E-state index contributed by atoms with van der Waals surface area (Å²) in [5.41, 5.74) is 0.940. The number of ether oxygens (including phenoxy) is 1. The summed E-state index contributed by atoms with van der Waals surface area (Å²) in [4.78, 5) is 24.5. The summed E-state index contributed by atoms with van der Waals surface area (Å²) in [6, 6.07) is 10.8. The maximum absolute atomic E-state index is 14.0. The zero-order valence-corrected chi connectivity index (χ0v) is 14.9. The molecule has 0 N–H and O–H groups in total. The predicted molar refractivity (Wildman–Crippen MR) is 96.6 cm³/mol. The summed E-state index contributed by atoms with van der Waals surface area (Å²) in [7, 11) is 0. The van der Waals surface area contributed by atoms with Gasteiger partial charge in [-0.25, -0.2) is 4.39 Å². The summed E-state index contributed by atoms with van der Waals surface area (Å²) in [6.07, 6.45) is 0. The first-order valence-electron chi connectivity index (χ1n) is 8.00. The molecule has 2 aromatic carbocycles. The molecule has 1 heterocycles. The molecule has 0 bridgehead atoms. The molecular weight excluding hydrogens is 359 g/mol. The Kier molecular flexibility index (Phi) is 5.41. The molecule has 3 rings (SSSR count). The van der Waals surface area contributed by atoms with Gasteiger partial charge in [0.2, 0.25) is 0 Å². The number of carbonyl (C=O) groups excluding carboxylic acids is 1. The lowest BCUT2D eigenvalue weighted by molar-refractivity contribution is -0.385. The van der Waals surface area contributed by atoms with Crippen molar-refractivity contribution in [3.05, 3.63) is 69.5 Å². The number of thioether (sulfide) groups is 1. The van der Waals surface area contributed by atoms with Gasteiger partial charge in [0.25, 0.3) is 11.6 Å². The van der Waals surface area contributed by atoms with Crippen molar-refractivity contribution in [2.75, 3.05) is 18.9 Å². The highest BCUT2D eigenvalue weighted by atomic mass is 32.2. The quantitative estimate of drug-likeness (QED) is 0.588. The first-order valence-corrected chi connectivity index (χ1v) is 9.05. The molecule has 1 atom stereocenters. The number of hydrogen-bond donors (Lipinski definition) is 0. The Morgan fingerprint density at radius 2 is 2.15 bits per heavy atom. The molecule has 0 aliphatic carbocycles. The number of carbonyl (C=O) groups is 1. The number of nitrogens with zero attached hydrogens (tertiary/aromatic N) is 2. The third-order valence-corrected chi connectivity index (χ3v) is 5.35. The maximum atomic E-state index is 14.0. The third kappa shape index (κ3) is 3.80. The van der Waals surface area contributed by atoms with Crippen LogP contribution in [0.5, 0.6) is 5.75 Å². The Hall–Kier alpha value is -2.61. The number of benzene rings is 2. The van der Waals surface area contributed by atoms with Crippen molar-refractivity contribution in [3.8, 4) is 5.75 Å². The third-order valence-electron chi connectivity index (χ3n) is 4.11. The van der Waals surface area contributed by atoms with Gasteiger partial charge in [-0.1, -0.05) is 18.2 Å². The monoisotopic (exact) mass is 376 g/mol. The molecule has 1 saturated heterocycles. The van der Waals surface area contributed by atoms with Crippen LogP contribution in [0.2, 0.25) is 0 Å². The normalized spacial score (nSPS) is 16.5. The van der Waals surface area contributed by atoms with Crippen LogP contribution in [0.25, 0.3) is 0 Å². The molecule has 1 amide bonds. The van der Waals surface area contributed by atoms with Crippen molar-refractivity contribution in [1.82, 2.24) is 4.90 Å². The van der Waals surface area contributed by atoms with Gasteiger partial charge in [-0.05, 0) is 25.1 Å². The number of hydrogen-bond acceptors (Lipinski definition) is 5. The van der Waals surface area contributed by atoms with E-state index in [1.54, 1.807) is 30.0 Å². The maximum Gasteiger partial charge on any atom is 0.272 e. The highest BCUT2D eigenvalue weighted by Gasteiger charge is 2.32. The summed E-state index contributed by atoms with van der Waals surface area (Å²) < 4.78 is 19.5. The van der Waals surface area contributed by atoms with Gasteiger partial charge in [0.05, 0.1) is 4.92 Å². The fourth-order valence-electron chi connectivity index (χ4n) is 2.81. The van der Waals surface area contributed by atoms with Gasteiger partial charge in [0.1, 0.15) is 16.9 Å². The number of amides is 1. The minimum absolute atomic E-state index is 0.000707. The van der Waals surface area contributed by atoms with Gasteiger partial charge in [0.15, 0.2) is 6.61 Å². The number of nitro benzene ring substituents is 1. The Bertz CT molecular complexity index is 846. The van der Waals surface area contributed by atoms with Crippen molar-refractivity contribution < 1.29 is 18.8 Å². The molecule has 0 spiro atoms. The van der Waals surface area contributed by atoms with Crippen LogP contribution in [-0.4, -0.2) is 34.6 Å². The smallest absolute Gasteiger partial charge is 0.272 e. The zero-order chi connectivity index (χ0) is 18.7. The molecular formula is C18H17FN2O4S. The summed E-state index contributed by atoms with van der Waals surface area (Å²) in [5.74, 6) is 0.521. The van der Waals surface area contributed by atoms with E-state index in [2.05, 4.69) is 0 Å². The minimum atomic E-state index is -0.468. The lowest BCUT2D eigenvalue weighted by atomic mass is 10.2. The van der Waals surface area contributed by atoms with E-state index in [0.717, 1.165) is 5.75 Å². The van der Waals surface area contributed by atoms with Crippen LogP contribution in [-0.2, 0) is 4.79 Å². The molecule has 2 aromatic rings. The first-order chi connectivity index (χ1) is 12.5. The van der Waals surface area contributed by atoms with E-state index >= 15 is 0 Å². The van der Waals surface area contributed by atoms with Crippen molar-refractivity contribution in [1.29, 1.82) is 0 Å². The summed E-state index contributed by atoms with van der Waals surface area (Å²) in [6.45, 7) is 1.92. The highest BCUT2D eigenvalue weighted by Crippen LogP contribution is 2.39. The molecule has 0 radical (unpaired) electrons. The van der Waals surface area contributed by atoms with Gasteiger partial charge >= 0.3 is 0 Å². The number of nitro groups is 1. The fraction of sp³-hybridized carbons (Fsp3) is 0.278. The Morgan fingerprint density at radius 3 is 2.85 bits per heavy atom. The highest BCUT2D eigenvalue weighted by molar-refractivity contribution is 7.99. The average Bonchev–Trinajstić information content (AvgIpc) is 3.09. The minimum Gasteiger partial charge on any atom is -0.484 e. The molecule has 136 valence electrons. The van der Waals surface area contributed by atoms with Gasteiger partial charge in [0, 0.05) is 29.5 Å². The van der Waals surface area contributed by atoms with E-state index < -0.39 is 4.92 Å². The van der Waals surface area contributed by atoms with Crippen LogP contribution in [0.4, 0.5) is 10.1 Å². The molecule has 8 heteroatoms. The molecule has 1 aliphatic heterocycles. The topological polar surface area (TPSA) is 72.7 Å². The van der Waals surface area contributed by atoms with E-state index in [4.69, 9.17) is 4.74 Å². The Labute approximate surface area is 154 Å². The first kappa shape index (κ1) is 18.2. The van der Waals surface area contributed by atoms with Gasteiger partial charge in [-0.3, -0.25) is 14.9 Å². The Balaban J connectivity index is 1.67. The van der Waals surface area contributed by atoms with Crippen LogP contribution < -0.4 is 4.74 Å². The Morgan fingerprint density at radius 1 is 1.38 bits per heavy atom.